The topological polar surface area (TPSA) is 68.0 Å². The smallest absolute Gasteiger partial charge is 0.248 e. The van der Waals surface area contributed by atoms with Crippen molar-refractivity contribution in [3.8, 4) is 11.5 Å². The summed E-state index contributed by atoms with van der Waals surface area (Å²) in [5.41, 5.74) is 1.82. The number of amides is 1. The lowest BCUT2D eigenvalue weighted by Gasteiger charge is -2.26. The first-order valence-corrected chi connectivity index (χ1v) is 11.0. The van der Waals surface area contributed by atoms with Gasteiger partial charge in [-0.15, -0.1) is 10.2 Å². The molecule has 152 valence electrons. The van der Waals surface area contributed by atoms with E-state index in [1.54, 1.807) is 17.4 Å². The van der Waals surface area contributed by atoms with Crippen molar-refractivity contribution < 1.29 is 13.6 Å². The van der Waals surface area contributed by atoms with Gasteiger partial charge >= 0.3 is 0 Å². The fraction of sp³-hybridized carbons (Fsp3) is 0.409. The highest BCUT2D eigenvalue weighted by Gasteiger charge is 2.26. The Balaban J connectivity index is 1.18. The Labute approximate surface area is 173 Å². The monoisotopic (exact) mass is 413 g/mol. The lowest BCUT2D eigenvalue weighted by atomic mass is 9.82. The molecule has 1 N–H and O–H groups in total. The molecule has 0 aliphatic heterocycles. The minimum Gasteiger partial charge on any atom is -0.420 e. The van der Waals surface area contributed by atoms with Crippen molar-refractivity contribution in [2.45, 2.75) is 44.4 Å². The molecule has 5 nitrogen and oxygen atoms in total. The summed E-state index contributed by atoms with van der Waals surface area (Å²) >= 11 is 1.61. The van der Waals surface area contributed by atoms with Crippen LogP contribution in [0.5, 0.6) is 0 Å². The SMILES string of the molecule is O=C(CCc1cccc(F)c1)NCC1CCC(c2nnc(-c3ccsc3)o2)CC1. The Bertz CT molecular complexity index is 933. The second-order valence-electron chi connectivity index (χ2n) is 7.61. The van der Waals surface area contributed by atoms with Gasteiger partial charge in [0.15, 0.2) is 0 Å². The largest absolute Gasteiger partial charge is 0.420 e. The van der Waals surface area contributed by atoms with E-state index in [2.05, 4.69) is 15.5 Å². The van der Waals surface area contributed by atoms with Gasteiger partial charge in [0.1, 0.15) is 5.82 Å². The van der Waals surface area contributed by atoms with Crippen molar-refractivity contribution in [3.05, 3.63) is 58.4 Å². The van der Waals surface area contributed by atoms with E-state index in [4.69, 9.17) is 4.42 Å². The van der Waals surface area contributed by atoms with Crippen molar-refractivity contribution in [2.24, 2.45) is 5.92 Å². The highest BCUT2D eigenvalue weighted by Crippen LogP contribution is 2.36. The summed E-state index contributed by atoms with van der Waals surface area (Å²) in [5, 5.41) is 15.5. The molecular formula is C22H24FN3O2S. The maximum Gasteiger partial charge on any atom is 0.248 e. The highest BCUT2D eigenvalue weighted by molar-refractivity contribution is 7.08. The Hall–Kier alpha value is -2.54. The predicted octanol–water partition coefficient (Wildman–Crippen LogP) is 4.96. The first-order chi connectivity index (χ1) is 14.2. The van der Waals surface area contributed by atoms with E-state index in [9.17, 15) is 9.18 Å². The molecule has 2 aromatic heterocycles. The van der Waals surface area contributed by atoms with Crippen LogP contribution in [0, 0.1) is 11.7 Å². The molecule has 0 radical (unpaired) electrons. The summed E-state index contributed by atoms with van der Waals surface area (Å²) in [6.07, 6.45) is 4.99. The summed E-state index contributed by atoms with van der Waals surface area (Å²) in [4.78, 5) is 12.1. The Kier molecular flexibility index (Phi) is 6.34. The zero-order chi connectivity index (χ0) is 20.1. The Morgan fingerprint density at radius 2 is 2.07 bits per heavy atom. The molecule has 2 heterocycles. The second kappa shape index (κ2) is 9.31. The number of aryl methyl sites for hydroxylation is 1. The third kappa shape index (κ3) is 5.29. The van der Waals surface area contributed by atoms with Crippen LogP contribution in [-0.4, -0.2) is 22.6 Å². The van der Waals surface area contributed by atoms with Gasteiger partial charge in [0.05, 0.1) is 0 Å². The molecule has 0 unspecified atom stereocenters. The van der Waals surface area contributed by atoms with Gasteiger partial charge in [0.2, 0.25) is 17.7 Å². The maximum absolute atomic E-state index is 13.2. The molecule has 1 saturated carbocycles. The zero-order valence-corrected chi connectivity index (χ0v) is 17.0. The fourth-order valence-corrected chi connectivity index (χ4v) is 4.44. The third-order valence-corrected chi connectivity index (χ3v) is 6.21. The molecule has 29 heavy (non-hydrogen) atoms. The van der Waals surface area contributed by atoms with Crippen LogP contribution in [0.2, 0.25) is 0 Å². The number of thiophene rings is 1. The van der Waals surface area contributed by atoms with E-state index in [-0.39, 0.29) is 11.7 Å². The van der Waals surface area contributed by atoms with E-state index < -0.39 is 0 Å². The van der Waals surface area contributed by atoms with E-state index in [1.807, 2.05) is 22.9 Å². The molecule has 0 spiro atoms. The molecule has 1 aromatic carbocycles. The number of halogens is 1. The van der Waals surface area contributed by atoms with Crippen LogP contribution >= 0.6 is 11.3 Å². The molecule has 0 saturated heterocycles. The zero-order valence-electron chi connectivity index (χ0n) is 16.1. The normalized spacial score (nSPS) is 19.2. The average molecular weight is 414 g/mol. The predicted molar refractivity (Wildman–Crippen MR) is 110 cm³/mol. The number of hydrogen-bond donors (Lipinski definition) is 1. The molecule has 0 bridgehead atoms. The summed E-state index contributed by atoms with van der Waals surface area (Å²) in [7, 11) is 0. The average Bonchev–Trinajstić information content (AvgIpc) is 3.43. The quantitative estimate of drug-likeness (QED) is 0.594. The van der Waals surface area contributed by atoms with Gasteiger partial charge in [-0.1, -0.05) is 12.1 Å². The molecule has 1 fully saturated rings. The number of nitrogens with zero attached hydrogens (tertiary/aromatic N) is 2. The van der Waals surface area contributed by atoms with Gasteiger partial charge in [-0.25, -0.2) is 4.39 Å². The van der Waals surface area contributed by atoms with Crippen molar-refractivity contribution in [2.75, 3.05) is 6.54 Å². The van der Waals surface area contributed by atoms with Gasteiger partial charge < -0.3 is 9.73 Å². The minimum atomic E-state index is -0.261. The van der Waals surface area contributed by atoms with E-state index in [1.165, 1.54) is 12.1 Å². The first-order valence-electron chi connectivity index (χ1n) is 10.0. The van der Waals surface area contributed by atoms with Gasteiger partial charge in [-0.2, -0.15) is 11.3 Å². The van der Waals surface area contributed by atoms with Crippen molar-refractivity contribution >= 4 is 17.2 Å². The number of rotatable bonds is 7. The van der Waals surface area contributed by atoms with Gasteiger partial charge in [0, 0.05) is 29.8 Å². The maximum atomic E-state index is 13.2. The number of carbonyl (C=O) groups is 1. The summed E-state index contributed by atoms with van der Waals surface area (Å²) < 4.78 is 19.1. The third-order valence-electron chi connectivity index (χ3n) is 5.52. The molecule has 3 aromatic rings. The van der Waals surface area contributed by atoms with Crippen LogP contribution in [-0.2, 0) is 11.2 Å². The number of hydrogen-bond acceptors (Lipinski definition) is 5. The second-order valence-corrected chi connectivity index (χ2v) is 8.39. The highest BCUT2D eigenvalue weighted by atomic mass is 32.1. The van der Waals surface area contributed by atoms with Gasteiger partial charge in [-0.3, -0.25) is 4.79 Å². The van der Waals surface area contributed by atoms with Crippen LogP contribution in [0.1, 0.15) is 49.5 Å². The van der Waals surface area contributed by atoms with Crippen LogP contribution in [0.4, 0.5) is 4.39 Å². The summed E-state index contributed by atoms with van der Waals surface area (Å²) in [6, 6.07) is 8.40. The standard InChI is InChI=1S/C22H24FN3O2S/c23-19-3-1-2-15(12-19)6-9-20(27)24-13-16-4-7-17(8-5-16)21-25-26-22(28-21)18-10-11-29-14-18/h1-3,10-12,14,16-17H,4-9,13H2,(H,24,27). The molecule has 7 heteroatoms. The molecule has 0 atom stereocenters. The molecule has 1 amide bonds. The number of aromatic nitrogens is 2. The van der Waals surface area contributed by atoms with Gasteiger partial charge in [0.25, 0.3) is 0 Å². The molecule has 4 rings (SSSR count). The van der Waals surface area contributed by atoms with Crippen molar-refractivity contribution in [1.29, 1.82) is 0 Å². The van der Waals surface area contributed by atoms with E-state index >= 15 is 0 Å². The van der Waals surface area contributed by atoms with Crippen molar-refractivity contribution in [1.82, 2.24) is 15.5 Å². The molecular weight excluding hydrogens is 389 g/mol. The van der Waals surface area contributed by atoms with Crippen LogP contribution in [0.25, 0.3) is 11.5 Å². The van der Waals surface area contributed by atoms with E-state index in [0.717, 1.165) is 42.7 Å². The number of carbonyl (C=O) groups excluding carboxylic acids is 1. The van der Waals surface area contributed by atoms with Gasteiger partial charge in [-0.05, 0) is 67.2 Å². The van der Waals surface area contributed by atoms with Crippen molar-refractivity contribution in [3.63, 3.8) is 0 Å². The molecule has 1 aliphatic carbocycles. The summed E-state index contributed by atoms with van der Waals surface area (Å²) in [5.74, 6) is 1.85. The Morgan fingerprint density at radius 3 is 2.83 bits per heavy atom. The summed E-state index contributed by atoms with van der Waals surface area (Å²) in [6.45, 7) is 0.693. The Morgan fingerprint density at radius 1 is 1.21 bits per heavy atom. The lowest BCUT2D eigenvalue weighted by Crippen LogP contribution is -2.31. The first kappa shape index (κ1) is 19.8. The fourth-order valence-electron chi connectivity index (χ4n) is 3.81. The molecule has 1 aliphatic rings. The number of benzene rings is 1. The number of nitrogens with one attached hydrogen (secondary N) is 1. The lowest BCUT2D eigenvalue weighted by molar-refractivity contribution is -0.121. The van der Waals surface area contributed by atoms with Crippen LogP contribution in [0.15, 0.2) is 45.5 Å². The minimum absolute atomic E-state index is 0.0219. The van der Waals surface area contributed by atoms with E-state index in [0.29, 0.717) is 37.1 Å². The van der Waals surface area contributed by atoms with Crippen LogP contribution in [0.3, 0.4) is 0 Å². The van der Waals surface area contributed by atoms with Crippen LogP contribution < -0.4 is 5.32 Å².